The van der Waals surface area contributed by atoms with Crippen LogP contribution >= 0.6 is 0 Å². The Morgan fingerprint density at radius 3 is 2.19 bits per heavy atom. The van der Waals surface area contributed by atoms with Gasteiger partial charge in [-0.3, -0.25) is 9.59 Å². The standard InChI is InChI=1S/C19H19F3N2O2/c1-3-24(4-2)18(26)14-8-6-10-16(12-14)23-17(25)13-7-5-9-15(11-13)19(20,21)22/h5-12H,3-4H2,1-2H3,(H,23,25). The lowest BCUT2D eigenvalue weighted by Crippen LogP contribution is -2.30. The summed E-state index contributed by atoms with van der Waals surface area (Å²) in [5, 5.41) is 2.53. The second kappa shape index (κ2) is 8.03. The average molecular weight is 364 g/mol. The molecule has 0 saturated heterocycles. The first-order valence-electron chi connectivity index (χ1n) is 8.14. The van der Waals surface area contributed by atoms with Crippen LogP contribution < -0.4 is 5.32 Å². The van der Waals surface area contributed by atoms with Crippen molar-refractivity contribution in [3.63, 3.8) is 0 Å². The van der Waals surface area contributed by atoms with Gasteiger partial charge in [0, 0.05) is 29.9 Å². The number of carbonyl (C=O) groups excluding carboxylic acids is 2. The highest BCUT2D eigenvalue weighted by Crippen LogP contribution is 2.29. The lowest BCUT2D eigenvalue weighted by atomic mass is 10.1. The number of nitrogens with one attached hydrogen (secondary N) is 1. The van der Waals surface area contributed by atoms with E-state index in [0.717, 1.165) is 12.1 Å². The van der Waals surface area contributed by atoms with Gasteiger partial charge < -0.3 is 10.2 Å². The minimum atomic E-state index is -4.52. The fraction of sp³-hybridized carbons (Fsp3) is 0.263. The third-order valence-corrected chi connectivity index (χ3v) is 3.87. The van der Waals surface area contributed by atoms with Crippen molar-refractivity contribution >= 4 is 17.5 Å². The van der Waals surface area contributed by atoms with Crippen LogP contribution in [0.15, 0.2) is 48.5 Å². The van der Waals surface area contributed by atoms with Gasteiger partial charge in [-0.15, -0.1) is 0 Å². The van der Waals surface area contributed by atoms with Gasteiger partial charge in [0.25, 0.3) is 11.8 Å². The van der Waals surface area contributed by atoms with Crippen molar-refractivity contribution in [2.24, 2.45) is 0 Å². The molecule has 0 spiro atoms. The first-order valence-corrected chi connectivity index (χ1v) is 8.14. The molecule has 0 heterocycles. The molecule has 0 unspecified atom stereocenters. The number of anilines is 1. The smallest absolute Gasteiger partial charge is 0.339 e. The number of benzene rings is 2. The summed E-state index contributed by atoms with van der Waals surface area (Å²) < 4.78 is 38.3. The minimum absolute atomic E-state index is 0.111. The molecule has 0 aliphatic heterocycles. The molecule has 2 aromatic rings. The van der Waals surface area contributed by atoms with E-state index < -0.39 is 17.6 Å². The highest BCUT2D eigenvalue weighted by Gasteiger charge is 2.30. The molecule has 0 aromatic heterocycles. The lowest BCUT2D eigenvalue weighted by Gasteiger charge is -2.19. The molecular formula is C19H19F3N2O2. The van der Waals surface area contributed by atoms with Crippen LogP contribution in [0.4, 0.5) is 18.9 Å². The van der Waals surface area contributed by atoms with Gasteiger partial charge in [-0.25, -0.2) is 0 Å². The number of hydrogen-bond donors (Lipinski definition) is 1. The second-order valence-electron chi connectivity index (χ2n) is 5.59. The van der Waals surface area contributed by atoms with E-state index in [1.165, 1.54) is 18.2 Å². The molecule has 0 atom stereocenters. The molecule has 1 N–H and O–H groups in total. The zero-order valence-corrected chi connectivity index (χ0v) is 14.4. The third kappa shape index (κ3) is 4.62. The fourth-order valence-corrected chi connectivity index (χ4v) is 2.46. The average Bonchev–Trinajstić information content (AvgIpc) is 2.62. The Labute approximate surface area is 149 Å². The summed E-state index contributed by atoms with van der Waals surface area (Å²) in [6.07, 6.45) is -4.52. The zero-order valence-electron chi connectivity index (χ0n) is 14.4. The van der Waals surface area contributed by atoms with Crippen molar-refractivity contribution in [1.29, 1.82) is 0 Å². The van der Waals surface area contributed by atoms with E-state index in [4.69, 9.17) is 0 Å². The van der Waals surface area contributed by atoms with E-state index in [1.54, 1.807) is 23.1 Å². The second-order valence-corrected chi connectivity index (χ2v) is 5.59. The highest BCUT2D eigenvalue weighted by molar-refractivity contribution is 6.05. The van der Waals surface area contributed by atoms with E-state index >= 15 is 0 Å². The molecule has 2 rings (SSSR count). The largest absolute Gasteiger partial charge is 0.416 e. The molecular weight excluding hydrogens is 345 g/mol. The van der Waals surface area contributed by atoms with Crippen molar-refractivity contribution in [2.45, 2.75) is 20.0 Å². The van der Waals surface area contributed by atoms with Crippen LogP contribution in [0.5, 0.6) is 0 Å². The molecule has 0 saturated carbocycles. The van der Waals surface area contributed by atoms with Crippen molar-refractivity contribution in [3.05, 3.63) is 65.2 Å². The first-order chi connectivity index (χ1) is 12.3. The molecule has 2 amide bonds. The van der Waals surface area contributed by atoms with Crippen molar-refractivity contribution in [2.75, 3.05) is 18.4 Å². The van der Waals surface area contributed by atoms with Gasteiger partial charge in [0.1, 0.15) is 0 Å². The summed E-state index contributed by atoms with van der Waals surface area (Å²) in [6, 6.07) is 10.5. The van der Waals surface area contributed by atoms with Crippen LogP contribution in [0.25, 0.3) is 0 Å². The normalized spacial score (nSPS) is 11.1. The van der Waals surface area contributed by atoms with Gasteiger partial charge in [0.15, 0.2) is 0 Å². The van der Waals surface area contributed by atoms with Crippen molar-refractivity contribution in [3.8, 4) is 0 Å². The Morgan fingerprint density at radius 2 is 1.58 bits per heavy atom. The molecule has 0 aliphatic carbocycles. The first kappa shape index (κ1) is 19.5. The molecule has 138 valence electrons. The monoisotopic (exact) mass is 364 g/mol. The quantitative estimate of drug-likeness (QED) is 0.853. The van der Waals surface area contributed by atoms with Crippen LogP contribution in [0.2, 0.25) is 0 Å². The summed E-state index contributed by atoms with van der Waals surface area (Å²) in [4.78, 5) is 26.2. The van der Waals surface area contributed by atoms with Crippen LogP contribution in [0.3, 0.4) is 0 Å². The molecule has 0 aliphatic rings. The van der Waals surface area contributed by atoms with E-state index in [0.29, 0.717) is 24.3 Å². The minimum Gasteiger partial charge on any atom is -0.339 e. The number of halogens is 3. The summed E-state index contributed by atoms with van der Waals surface area (Å²) in [7, 11) is 0. The van der Waals surface area contributed by atoms with Crippen molar-refractivity contribution in [1.82, 2.24) is 4.90 Å². The van der Waals surface area contributed by atoms with Crippen LogP contribution in [0.1, 0.15) is 40.1 Å². The van der Waals surface area contributed by atoms with Gasteiger partial charge in [-0.05, 0) is 50.2 Å². The Hall–Kier alpha value is -2.83. The predicted molar refractivity (Wildman–Crippen MR) is 93.1 cm³/mol. The molecule has 0 radical (unpaired) electrons. The Balaban J connectivity index is 2.20. The third-order valence-electron chi connectivity index (χ3n) is 3.87. The summed E-state index contributed by atoms with van der Waals surface area (Å²) in [6.45, 7) is 4.83. The van der Waals surface area contributed by atoms with E-state index in [2.05, 4.69) is 5.32 Å². The SMILES string of the molecule is CCN(CC)C(=O)c1cccc(NC(=O)c2cccc(C(F)(F)F)c2)c1. The van der Waals surface area contributed by atoms with Crippen molar-refractivity contribution < 1.29 is 22.8 Å². The Kier molecular flexibility index (Phi) is 6.02. The fourth-order valence-electron chi connectivity index (χ4n) is 2.46. The molecule has 2 aromatic carbocycles. The highest BCUT2D eigenvalue weighted by atomic mass is 19.4. The molecule has 4 nitrogen and oxygen atoms in total. The maximum Gasteiger partial charge on any atom is 0.416 e. The Morgan fingerprint density at radius 1 is 0.962 bits per heavy atom. The Bertz CT molecular complexity index is 799. The molecule has 0 bridgehead atoms. The number of rotatable bonds is 5. The number of nitrogens with zero attached hydrogens (tertiary/aromatic N) is 1. The maximum atomic E-state index is 12.8. The summed E-state index contributed by atoms with van der Waals surface area (Å²) >= 11 is 0. The van der Waals surface area contributed by atoms with Gasteiger partial charge in [0.2, 0.25) is 0 Å². The maximum absolute atomic E-state index is 12.8. The topological polar surface area (TPSA) is 49.4 Å². The van der Waals surface area contributed by atoms with E-state index in [9.17, 15) is 22.8 Å². The van der Waals surface area contributed by atoms with E-state index in [1.807, 2.05) is 13.8 Å². The van der Waals surface area contributed by atoms with Crippen LogP contribution in [0, 0.1) is 0 Å². The van der Waals surface area contributed by atoms with Gasteiger partial charge >= 0.3 is 6.18 Å². The number of alkyl halides is 3. The van der Waals surface area contributed by atoms with Crippen LogP contribution in [-0.4, -0.2) is 29.8 Å². The number of carbonyl (C=O) groups is 2. The zero-order chi connectivity index (χ0) is 19.3. The van der Waals surface area contributed by atoms with Crippen LogP contribution in [-0.2, 0) is 6.18 Å². The van der Waals surface area contributed by atoms with E-state index in [-0.39, 0.29) is 11.5 Å². The number of hydrogen-bond acceptors (Lipinski definition) is 2. The van der Waals surface area contributed by atoms with Gasteiger partial charge in [0.05, 0.1) is 5.56 Å². The van der Waals surface area contributed by atoms with Gasteiger partial charge in [-0.1, -0.05) is 12.1 Å². The molecule has 0 fully saturated rings. The molecule has 7 heteroatoms. The summed E-state index contributed by atoms with van der Waals surface area (Å²) in [5.41, 5.74) is -0.267. The van der Waals surface area contributed by atoms with Gasteiger partial charge in [-0.2, -0.15) is 13.2 Å². The lowest BCUT2D eigenvalue weighted by molar-refractivity contribution is -0.137. The predicted octanol–water partition coefficient (Wildman–Crippen LogP) is 4.44. The number of amides is 2. The molecule has 26 heavy (non-hydrogen) atoms. The summed E-state index contributed by atoms with van der Waals surface area (Å²) in [5.74, 6) is -0.853.